The Morgan fingerprint density at radius 2 is 1.95 bits per heavy atom. The van der Waals surface area contributed by atoms with E-state index in [0.29, 0.717) is 11.3 Å². The van der Waals surface area contributed by atoms with Crippen LogP contribution in [0.1, 0.15) is 5.56 Å². The number of nitrogens with one attached hydrogen (secondary N) is 1. The number of nitrogens with zero attached hydrogens (tertiary/aromatic N) is 2. The highest BCUT2D eigenvalue weighted by atomic mass is 32.2. The number of rotatable bonds is 3. The molecule has 3 nitrogen and oxygen atoms in total. The Hall–Kier alpha value is -2.12. The summed E-state index contributed by atoms with van der Waals surface area (Å²) in [5.74, 6) is 0. The predicted molar refractivity (Wildman–Crippen MR) is 66.0 cm³/mol. The molecule has 0 saturated carbocycles. The van der Waals surface area contributed by atoms with Crippen LogP contribution in [0.2, 0.25) is 0 Å². The van der Waals surface area contributed by atoms with Crippen molar-refractivity contribution in [2.75, 3.05) is 5.32 Å². The summed E-state index contributed by atoms with van der Waals surface area (Å²) < 4.78 is 36.7. The number of nitriles is 2. The maximum Gasteiger partial charge on any atom is 0.446 e. The minimum Gasteiger partial charge on any atom is -0.360 e. The molecule has 0 atom stereocenters. The van der Waals surface area contributed by atoms with Crippen LogP contribution in [0.3, 0.4) is 0 Å². The van der Waals surface area contributed by atoms with Crippen molar-refractivity contribution in [3.8, 4) is 12.1 Å². The van der Waals surface area contributed by atoms with Crippen LogP contribution in [-0.4, -0.2) is 5.51 Å². The quantitative estimate of drug-likeness (QED) is 0.674. The molecule has 1 aromatic carbocycles. The molecule has 0 aliphatic heterocycles. The highest BCUT2D eigenvalue weighted by Crippen LogP contribution is 2.38. The summed E-state index contributed by atoms with van der Waals surface area (Å²) in [7, 11) is 0. The van der Waals surface area contributed by atoms with E-state index in [1.807, 2.05) is 0 Å². The zero-order valence-electron chi connectivity index (χ0n) is 9.75. The maximum atomic E-state index is 12.2. The van der Waals surface area contributed by atoms with E-state index in [1.165, 1.54) is 18.2 Å². The van der Waals surface area contributed by atoms with Gasteiger partial charge >= 0.3 is 5.51 Å². The fourth-order valence-electron chi connectivity index (χ4n) is 1.19. The van der Waals surface area contributed by atoms with Gasteiger partial charge in [0, 0.05) is 16.8 Å². The third kappa shape index (κ3) is 4.94. The monoisotopic (exact) mass is 283 g/mol. The molecule has 0 saturated heterocycles. The van der Waals surface area contributed by atoms with Crippen molar-refractivity contribution in [3.63, 3.8) is 0 Å². The number of hydrogen-bond acceptors (Lipinski definition) is 4. The molecule has 0 fully saturated rings. The Kier molecular flexibility index (Phi) is 4.85. The number of alkyl halides is 3. The van der Waals surface area contributed by atoms with Crippen molar-refractivity contribution in [1.82, 2.24) is 0 Å². The van der Waals surface area contributed by atoms with Crippen LogP contribution in [0.4, 0.5) is 18.9 Å². The molecule has 98 valence electrons. The smallest absolute Gasteiger partial charge is 0.360 e. The normalized spacial score (nSPS) is 10.2. The molecule has 0 unspecified atom stereocenters. The van der Waals surface area contributed by atoms with Gasteiger partial charge in [-0.2, -0.15) is 23.7 Å². The van der Waals surface area contributed by atoms with E-state index in [1.54, 1.807) is 19.1 Å². The van der Waals surface area contributed by atoms with Gasteiger partial charge < -0.3 is 5.32 Å². The summed E-state index contributed by atoms with van der Waals surface area (Å²) in [6.07, 6.45) is 1.16. The minimum absolute atomic E-state index is 0.0319. The number of allylic oxidation sites excluding steroid dienone is 1. The van der Waals surface area contributed by atoms with Gasteiger partial charge in [-0.15, -0.1) is 0 Å². The summed E-state index contributed by atoms with van der Waals surface area (Å²) in [6, 6.07) is 7.50. The lowest BCUT2D eigenvalue weighted by Gasteiger charge is -2.10. The highest BCUT2D eigenvalue weighted by molar-refractivity contribution is 8.00. The van der Waals surface area contributed by atoms with Gasteiger partial charge in [-0.1, -0.05) is 6.07 Å². The highest BCUT2D eigenvalue weighted by Gasteiger charge is 2.29. The molecule has 0 amide bonds. The van der Waals surface area contributed by atoms with Gasteiger partial charge in [-0.3, -0.25) is 0 Å². The average molecular weight is 283 g/mol. The van der Waals surface area contributed by atoms with E-state index >= 15 is 0 Å². The molecule has 19 heavy (non-hydrogen) atoms. The Morgan fingerprint density at radius 3 is 2.47 bits per heavy atom. The first-order chi connectivity index (χ1) is 8.85. The molecule has 1 aromatic rings. The Labute approximate surface area is 112 Å². The summed E-state index contributed by atoms with van der Waals surface area (Å²) >= 11 is -0.221. The maximum absolute atomic E-state index is 12.2. The van der Waals surface area contributed by atoms with E-state index < -0.39 is 5.51 Å². The first-order valence-corrected chi connectivity index (χ1v) is 5.80. The standard InChI is InChI=1S/C12H8F3N3S/c1-8-2-3-10(19-12(13,14)15)4-11(8)18-7-9(5-16)6-17/h2-4,7,18H,1H3. The van der Waals surface area contributed by atoms with Crippen LogP contribution in [0.25, 0.3) is 0 Å². The van der Waals surface area contributed by atoms with Gasteiger partial charge in [0.15, 0.2) is 0 Å². The SMILES string of the molecule is Cc1ccc(SC(F)(F)F)cc1NC=C(C#N)C#N. The number of thioether (sulfide) groups is 1. The van der Waals surface area contributed by atoms with Crippen molar-refractivity contribution < 1.29 is 13.2 Å². The Morgan fingerprint density at radius 1 is 1.32 bits per heavy atom. The molecule has 1 N–H and O–H groups in total. The van der Waals surface area contributed by atoms with Crippen LogP contribution < -0.4 is 5.32 Å². The number of aryl methyl sites for hydroxylation is 1. The van der Waals surface area contributed by atoms with E-state index in [4.69, 9.17) is 10.5 Å². The summed E-state index contributed by atoms with van der Waals surface area (Å²) in [6.45, 7) is 1.70. The molecule has 0 bridgehead atoms. The molecule has 7 heteroatoms. The van der Waals surface area contributed by atoms with Gasteiger partial charge in [0.2, 0.25) is 0 Å². The minimum atomic E-state index is -4.35. The lowest BCUT2D eigenvalue weighted by atomic mass is 10.2. The van der Waals surface area contributed by atoms with Crippen molar-refractivity contribution >= 4 is 17.4 Å². The molecule has 0 aliphatic rings. The van der Waals surface area contributed by atoms with Gasteiger partial charge in [-0.25, -0.2) is 0 Å². The van der Waals surface area contributed by atoms with Crippen LogP contribution in [0.5, 0.6) is 0 Å². The van der Waals surface area contributed by atoms with E-state index in [2.05, 4.69) is 5.32 Å². The third-order valence-corrected chi connectivity index (χ3v) is 2.78. The number of hydrogen-bond donors (Lipinski definition) is 1. The van der Waals surface area contributed by atoms with E-state index in [0.717, 1.165) is 6.20 Å². The molecule has 0 heterocycles. The van der Waals surface area contributed by atoms with Crippen LogP contribution in [0.15, 0.2) is 34.9 Å². The molecule has 0 aromatic heterocycles. The average Bonchev–Trinajstić information content (AvgIpc) is 2.32. The van der Waals surface area contributed by atoms with Gasteiger partial charge in [0.25, 0.3) is 0 Å². The number of anilines is 1. The van der Waals surface area contributed by atoms with Crippen molar-refractivity contribution in [2.24, 2.45) is 0 Å². The summed E-state index contributed by atoms with van der Waals surface area (Å²) in [5.41, 5.74) is -3.39. The van der Waals surface area contributed by atoms with Crippen molar-refractivity contribution in [1.29, 1.82) is 10.5 Å². The molecular weight excluding hydrogens is 275 g/mol. The second-order valence-corrected chi connectivity index (χ2v) is 4.59. The fraction of sp³-hybridized carbons (Fsp3) is 0.167. The third-order valence-electron chi connectivity index (χ3n) is 2.06. The van der Waals surface area contributed by atoms with Crippen molar-refractivity contribution in [3.05, 3.63) is 35.5 Å². The zero-order valence-corrected chi connectivity index (χ0v) is 10.6. The second kappa shape index (κ2) is 6.17. The van der Waals surface area contributed by atoms with Gasteiger partial charge in [-0.05, 0) is 36.4 Å². The van der Waals surface area contributed by atoms with E-state index in [9.17, 15) is 13.2 Å². The fourth-order valence-corrected chi connectivity index (χ4v) is 1.77. The number of benzene rings is 1. The molecular formula is C12H8F3N3S. The summed E-state index contributed by atoms with van der Waals surface area (Å²) in [5, 5.41) is 19.7. The number of halogens is 3. The Balaban J connectivity index is 2.96. The van der Waals surface area contributed by atoms with Gasteiger partial charge in [0.05, 0.1) is 0 Å². The van der Waals surface area contributed by atoms with E-state index in [-0.39, 0.29) is 22.2 Å². The zero-order chi connectivity index (χ0) is 14.5. The largest absolute Gasteiger partial charge is 0.446 e. The first kappa shape index (κ1) is 14.9. The molecule has 0 radical (unpaired) electrons. The molecule has 1 rings (SSSR count). The van der Waals surface area contributed by atoms with Crippen LogP contribution in [0, 0.1) is 29.6 Å². The second-order valence-electron chi connectivity index (χ2n) is 3.45. The van der Waals surface area contributed by atoms with Crippen molar-refractivity contribution in [2.45, 2.75) is 17.3 Å². The summed E-state index contributed by atoms with van der Waals surface area (Å²) in [4.78, 5) is 0.0319. The topological polar surface area (TPSA) is 59.6 Å². The predicted octanol–water partition coefficient (Wildman–Crippen LogP) is 3.95. The molecule has 0 aliphatic carbocycles. The Bertz CT molecular complexity index is 563. The van der Waals surface area contributed by atoms with Gasteiger partial charge in [0.1, 0.15) is 17.7 Å². The van der Waals surface area contributed by atoms with Crippen LogP contribution in [-0.2, 0) is 0 Å². The lowest BCUT2D eigenvalue weighted by molar-refractivity contribution is -0.0328. The lowest BCUT2D eigenvalue weighted by Crippen LogP contribution is -2.00. The first-order valence-electron chi connectivity index (χ1n) is 4.99. The van der Waals surface area contributed by atoms with Crippen LogP contribution >= 0.6 is 11.8 Å². The molecule has 0 spiro atoms.